The van der Waals surface area contributed by atoms with Crippen molar-refractivity contribution in [1.29, 1.82) is 0 Å². The second kappa shape index (κ2) is 9.18. The lowest BCUT2D eigenvalue weighted by atomic mass is 10.2. The van der Waals surface area contributed by atoms with Crippen molar-refractivity contribution in [2.24, 2.45) is 0 Å². The minimum atomic E-state index is -4.42. The number of carbonyl (C=O) groups is 1. The van der Waals surface area contributed by atoms with E-state index in [1.807, 2.05) is 12.1 Å². The molecule has 0 aliphatic carbocycles. The van der Waals surface area contributed by atoms with Gasteiger partial charge in [0.05, 0.1) is 11.1 Å². The van der Waals surface area contributed by atoms with Crippen molar-refractivity contribution in [3.8, 4) is 0 Å². The summed E-state index contributed by atoms with van der Waals surface area (Å²) in [7, 11) is 0. The Morgan fingerprint density at radius 1 is 0.964 bits per heavy atom. The van der Waals surface area contributed by atoms with Gasteiger partial charge in [0.15, 0.2) is 0 Å². The lowest BCUT2D eigenvalue weighted by molar-refractivity contribution is -0.137. The Balaban J connectivity index is 0.00000280. The first-order valence-electron chi connectivity index (χ1n) is 8.00. The molecule has 0 saturated heterocycles. The van der Waals surface area contributed by atoms with Gasteiger partial charge in [-0.2, -0.15) is 13.2 Å². The zero-order valence-corrected chi connectivity index (χ0v) is 15.2. The van der Waals surface area contributed by atoms with Crippen molar-refractivity contribution in [2.45, 2.75) is 12.7 Å². The van der Waals surface area contributed by atoms with Gasteiger partial charge in [0.2, 0.25) is 0 Å². The maximum absolute atomic E-state index is 12.6. The van der Waals surface area contributed by atoms with Crippen molar-refractivity contribution in [3.63, 3.8) is 0 Å². The number of nitrogens with one attached hydrogen (secondary N) is 2. The average molecular weight is 409 g/mol. The summed E-state index contributed by atoms with van der Waals surface area (Å²) in [5.41, 5.74) is 0.731. The number of benzene rings is 1. The standard InChI is InChI=1S/C19H15F3N4O.ClH/c20-19(21,22)14-3-5-15(6-4-14)26-18(27)16-2-1-9-24-17(16)25-12-13-7-10-23-11-8-13;/h1-11H,12H2,(H,24,25)(H,26,27);1H. The van der Waals surface area contributed by atoms with Gasteiger partial charge >= 0.3 is 6.18 Å². The van der Waals surface area contributed by atoms with Gasteiger partial charge in [-0.1, -0.05) is 0 Å². The fourth-order valence-corrected chi connectivity index (χ4v) is 2.36. The summed E-state index contributed by atoms with van der Waals surface area (Å²) in [5, 5.41) is 5.66. The van der Waals surface area contributed by atoms with Crippen LogP contribution in [0, 0.1) is 0 Å². The van der Waals surface area contributed by atoms with Crippen LogP contribution in [-0.2, 0) is 12.7 Å². The number of pyridine rings is 2. The zero-order valence-electron chi connectivity index (χ0n) is 14.4. The minimum absolute atomic E-state index is 0. The lowest BCUT2D eigenvalue weighted by Gasteiger charge is -2.12. The smallest absolute Gasteiger partial charge is 0.365 e. The molecule has 1 amide bonds. The van der Waals surface area contributed by atoms with Gasteiger partial charge in [0.1, 0.15) is 5.82 Å². The molecule has 0 radical (unpaired) electrons. The molecule has 2 N–H and O–H groups in total. The van der Waals surface area contributed by atoms with Crippen molar-refractivity contribution in [2.75, 3.05) is 10.6 Å². The molecule has 0 spiro atoms. The molecule has 3 aromatic rings. The van der Waals surface area contributed by atoms with E-state index in [1.54, 1.807) is 30.7 Å². The molecule has 3 rings (SSSR count). The molecular formula is C19H16ClF3N4O. The Labute approximate surface area is 165 Å². The van der Waals surface area contributed by atoms with Crippen LogP contribution in [0.5, 0.6) is 0 Å². The molecule has 9 heteroatoms. The van der Waals surface area contributed by atoms with Gasteiger partial charge in [-0.15, -0.1) is 12.4 Å². The van der Waals surface area contributed by atoms with Gasteiger partial charge in [-0.05, 0) is 54.1 Å². The Kier molecular flexibility index (Phi) is 6.94. The van der Waals surface area contributed by atoms with Crippen LogP contribution in [0.3, 0.4) is 0 Å². The van der Waals surface area contributed by atoms with E-state index in [2.05, 4.69) is 20.6 Å². The van der Waals surface area contributed by atoms with Gasteiger partial charge in [0.25, 0.3) is 5.91 Å². The molecule has 0 aliphatic rings. The topological polar surface area (TPSA) is 66.9 Å². The third kappa shape index (κ3) is 5.43. The molecule has 5 nitrogen and oxygen atoms in total. The van der Waals surface area contributed by atoms with Crippen LogP contribution in [0.15, 0.2) is 67.1 Å². The number of anilines is 2. The number of hydrogen-bond donors (Lipinski definition) is 2. The Bertz CT molecular complexity index is 918. The molecule has 146 valence electrons. The monoisotopic (exact) mass is 408 g/mol. The summed E-state index contributed by atoms with van der Waals surface area (Å²) in [6.07, 6.45) is 0.445. The number of aromatic nitrogens is 2. The number of hydrogen-bond acceptors (Lipinski definition) is 4. The Morgan fingerprint density at radius 2 is 1.64 bits per heavy atom. The molecule has 0 unspecified atom stereocenters. The lowest BCUT2D eigenvalue weighted by Crippen LogP contribution is -2.16. The zero-order chi connectivity index (χ0) is 19.3. The second-order valence-electron chi connectivity index (χ2n) is 5.64. The first-order chi connectivity index (χ1) is 12.9. The highest BCUT2D eigenvalue weighted by molar-refractivity contribution is 6.07. The van der Waals surface area contributed by atoms with Crippen LogP contribution < -0.4 is 10.6 Å². The summed E-state index contributed by atoms with van der Waals surface area (Å²) in [5.74, 6) is -0.0983. The fraction of sp³-hybridized carbons (Fsp3) is 0.105. The first kappa shape index (κ1) is 21.2. The average Bonchev–Trinajstić information content (AvgIpc) is 2.67. The molecule has 0 saturated carbocycles. The summed E-state index contributed by atoms with van der Waals surface area (Å²) >= 11 is 0. The summed E-state index contributed by atoms with van der Waals surface area (Å²) in [4.78, 5) is 20.6. The van der Waals surface area contributed by atoms with E-state index in [1.165, 1.54) is 12.1 Å². The van der Waals surface area contributed by atoms with E-state index in [0.717, 1.165) is 17.7 Å². The van der Waals surface area contributed by atoms with Crippen molar-refractivity contribution in [3.05, 3.63) is 83.8 Å². The third-order valence-electron chi connectivity index (χ3n) is 3.73. The molecular weight excluding hydrogens is 393 g/mol. The SMILES string of the molecule is Cl.O=C(Nc1ccc(C(F)(F)F)cc1)c1cccnc1NCc1ccncc1. The molecule has 28 heavy (non-hydrogen) atoms. The molecule has 0 aliphatic heterocycles. The van der Waals surface area contributed by atoms with Crippen LogP contribution in [0.25, 0.3) is 0 Å². The summed E-state index contributed by atoms with van der Waals surface area (Å²) in [6.45, 7) is 0.445. The molecule has 2 aromatic heterocycles. The normalized spacial score (nSPS) is 10.7. The van der Waals surface area contributed by atoms with E-state index in [4.69, 9.17) is 0 Å². The number of halogens is 4. The third-order valence-corrected chi connectivity index (χ3v) is 3.73. The van der Waals surface area contributed by atoms with Gasteiger partial charge in [0, 0.05) is 30.8 Å². The van der Waals surface area contributed by atoms with E-state index in [0.29, 0.717) is 12.4 Å². The van der Waals surface area contributed by atoms with Crippen LogP contribution in [0.4, 0.5) is 24.7 Å². The van der Waals surface area contributed by atoms with Crippen molar-refractivity contribution in [1.82, 2.24) is 9.97 Å². The quantitative estimate of drug-likeness (QED) is 0.637. The maximum atomic E-state index is 12.6. The van der Waals surface area contributed by atoms with Gasteiger partial charge < -0.3 is 10.6 Å². The predicted octanol–water partition coefficient (Wildman–Crippen LogP) is 4.78. The largest absolute Gasteiger partial charge is 0.416 e. The van der Waals surface area contributed by atoms with E-state index in [9.17, 15) is 18.0 Å². The maximum Gasteiger partial charge on any atom is 0.416 e. The predicted molar refractivity (Wildman–Crippen MR) is 102 cm³/mol. The highest BCUT2D eigenvalue weighted by atomic mass is 35.5. The molecule has 1 aromatic carbocycles. The number of rotatable bonds is 5. The van der Waals surface area contributed by atoms with E-state index < -0.39 is 17.6 Å². The Morgan fingerprint density at radius 3 is 2.29 bits per heavy atom. The molecule has 0 bridgehead atoms. The fourth-order valence-electron chi connectivity index (χ4n) is 2.36. The second-order valence-corrected chi connectivity index (χ2v) is 5.64. The molecule has 2 heterocycles. The first-order valence-corrected chi connectivity index (χ1v) is 8.00. The number of amides is 1. The van der Waals surface area contributed by atoms with Crippen LogP contribution in [0.1, 0.15) is 21.5 Å². The summed E-state index contributed by atoms with van der Waals surface area (Å²) in [6, 6.07) is 11.1. The number of alkyl halides is 3. The van der Waals surface area contributed by atoms with E-state index >= 15 is 0 Å². The van der Waals surface area contributed by atoms with Crippen LogP contribution in [0.2, 0.25) is 0 Å². The van der Waals surface area contributed by atoms with Crippen molar-refractivity contribution < 1.29 is 18.0 Å². The van der Waals surface area contributed by atoms with Gasteiger partial charge in [-0.25, -0.2) is 4.98 Å². The highest BCUT2D eigenvalue weighted by Gasteiger charge is 2.30. The Hall–Kier alpha value is -3.13. The highest BCUT2D eigenvalue weighted by Crippen LogP contribution is 2.30. The van der Waals surface area contributed by atoms with Crippen LogP contribution in [-0.4, -0.2) is 15.9 Å². The molecule has 0 atom stereocenters. The van der Waals surface area contributed by atoms with E-state index in [-0.39, 0.29) is 23.7 Å². The molecule has 0 fully saturated rings. The van der Waals surface area contributed by atoms with Gasteiger partial charge in [-0.3, -0.25) is 9.78 Å². The number of nitrogens with zero attached hydrogens (tertiary/aromatic N) is 2. The van der Waals surface area contributed by atoms with Crippen LogP contribution >= 0.6 is 12.4 Å². The number of carbonyl (C=O) groups excluding carboxylic acids is 1. The van der Waals surface area contributed by atoms with Crippen molar-refractivity contribution >= 4 is 29.8 Å². The summed E-state index contributed by atoms with van der Waals surface area (Å²) < 4.78 is 37.9. The minimum Gasteiger partial charge on any atom is -0.365 e.